The molecule has 0 radical (unpaired) electrons. The molecule has 0 atom stereocenters. The van der Waals surface area contributed by atoms with E-state index in [1.165, 1.54) is 11.8 Å². The summed E-state index contributed by atoms with van der Waals surface area (Å²) in [5.41, 5.74) is 2.90. The lowest BCUT2D eigenvalue weighted by Gasteiger charge is -2.00. The van der Waals surface area contributed by atoms with Gasteiger partial charge in [-0.1, -0.05) is 47.3 Å². The average molecular weight is 422 g/mol. The van der Waals surface area contributed by atoms with Gasteiger partial charge in [-0.05, 0) is 30.0 Å². The highest BCUT2D eigenvalue weighted by atomic mass is 32.2. The third kappa shape index (κ3) is 3.36. The minimum absolute atomic E-state index is 0.288. The summed E-state index contributed by atoms with van der Waals surface area (Å²) in [7, 11) is 0. The van der Waals surface area contributed by atoms with Crippen LogP contribution in [-0.4, -0.2) is 30.0 Å². The van der Waals surface area contributed by atoms with Gasteiger partial charge in [0.2, 0.25) is 16.9 Å². The Kier molecular flexibility index (Phi) is 4.49. The molecular weight excluding hydrogens is 408 g/mol. The Hall–Kier alpha value is -3.24. The lowest BCUT2D eigenvalue weighted by molar-refractivity contribution is 0.391. The highest BCUT2D eigenvalue weighted by Gasteiger charge is 2.15. The average Bonchev–Trinajstić information content (AvgIpc) is 3.48. The summed E-state index contributed by atoms with van der Waals surface area (Å²) in [6, 6.07) is 13.5. The number of fused-ring (bicyclic) bond motifs is 1. The van der Waals surface area contributed by atoms with Crippen molar-refractivity contribution < 1.29 is 4.52 Å². The first-order valence-corrected chi connectivity index (χ1v) is 10.6. The zero-order chi connectivity index (χ0) is 19.8. The van der Waals surface area contributed by atoms with E-state index >= 15 is 0 Å². The Morgan fingerprint density at radius 1 is 1.24 bits per heavy atom. The number of nitrogens with zero attached hydrogens (tertiary/aromatic N) is 5. The minimum Gasteiger partial charge on any atom is -0.338 e. The van der Waals surface area contributed by atoms with Crippen molar-refractivity contribution in [3.63, 3.8) is 0 Å². The van der Waals surface area contributed by atoms with Gasteiger partial charge >= 0.3 is 0 Å². The molecule has 0 spiro atoms. The molecule has 4 heterocycles. The minimum atomic E-state index is -0.288. The monoisotopic (exact) mass is 422 g/mol. The molecule has 0 aliphatic rings. The lowest BCUT2D eigenvalue weighted by Crippen LogP contribution is -2.13. The van der Waals surface area contributed by atoms with Gasteiger partial charge in [0.05, 0.1) is 10.6 Å². The van der Waals surface area contributed by atoms with Crippen molar-refractivity contribution in [3.8, 4) is 22.0 Å². The van der Waals surface area contributed by atoms with E-state index in [-0.39, 0.29) is 5.56 Å². The number of thioether (sulfide) groups is 1. The summed E-state index contributed by atoms with van der Waals surface area (Å²) in [5, 5.41) is 17.8. The number of hydrogen-bond acceptors (Lipinski definition) is 8. The molecule has 0 unspecified atom stereocenters. The van der Waals surface area contributed by atoms with Crippen LogP contribution in [-0.2, 0) is 5.75 Å². The first-order valence-electron chi connectivity index (χ1n) is 8.73. The van der Waals surface area contributed by atoms with E-state index in [0.717, 1.165) is 21.7 Å². The van der Waals surface area contributed by atoms with Crippen LogP contribution in [0.5, 0.6) is 0 Å². The van der Waals surface area contributed by atoms with E-state index in [2.05, 4.69) is 25.4 Å². The number of benzene rings is 1. The maximum atomic E-state index is 12.2. The second kappa shape index (κ2) is 7.30. The molecule has 5 aromatic rings. The fraction of sp³-hybridized carbons (Fsp3) is 0.105. The summed E-state index contributed by atoms with van der Waals surface area (Å²) in [5.74, 6) is 1.43. The molecule has 1 aromatic carbocycles. The van der Waals surface area contributed by atoms with Gasteiger partial charge in [-0.3, -0.25) is 4.79 Å². The molecule has 0 fully saturated rings. The maximum Gasteiger partial charge on any atom is 0.290 e. The molecule has 0 aliphatic heterocycles. The van der Waals surface area contributed by atoms with Crippen molar-refractivity contribution in [2.24, 2.45) is 0 Å². The highest BCUT2D eigenvalue weighted by Crippen LogP contribution is 2.27. The van der Waals surface area contributed by atoms with Gasteiger partial charge in [-0.2, -0.15) is 10.1 Å². The smallest absolute Gasteiger partial charge is 0.290 e. The van der Waals surface area contributed by atoms with Gasteiger partial charge in [0.25, 0.3) is 5.56 Å². The SMILES string of the molecule is Cc1ccccc1-c1noc(CSc2n[nH]c(=O)c3cc(-c4cccs4)nn23)n1. The van der Waals surface area contributed by atoms with Crippen LogP contribution >= 0.6 is 23.1 Å². The van der Waals surface area contributed by atoms with Crippen molar-refractivity contribution >= 4 is 28.6 Å². The van der Waals surface area contributed by atoms with E-state index in [4.69, 9.17) is 4.52 Å². The van der Waals surface area contributed by atoms with E-state index in [9.17, 15) is 4.79 Å². The van der Waals surface area contributed by atoms with Gasteiger partial charge in [0.1, 0.15) is 11.2 Å². The normalized spacial score (nSPS) is 11.3. The van der Waals surface area contributed by atoms with E-state index < -0.39 is 0 Å². The molecule has 10 heteroatoms. The standard InChI is InChI=1S/C19H14N6O2S2/c1-11-5-2-3-6-12(11)17-20-16(27-24-17)10-29-19-22-21-18(26)14-9-13(23-25(14)19)15-7-4-8-28-15/h2-9H,10H2,1H3,(H,21,26). The number of hydrogen-bond donors (Lipinski definition) is 1. The number of nitrogens with one attached hydrogen (secondary N) is 1. The van der Waals surface area contributed by atoms with Crippen LogP contribution in [0.3, 0.4) is 0 Å². The summed E-state index contributed by atoms with van der Waals surface area (Å²) >= 11 is 2.93. The number of aromatic amines is 1. The van der Waals surface area contributed by atoms with Gasteiger partial charge in [-0.25, -0.2) is 9.61 Å². The Morgan fingerprint density at radius 2 is 2.14 bits per heavy atom. The van der Waals surface area contributed by atoms with Crippen LogP contribution in [0.2, 0.25) is 0 Å². The first kappa shape index (κ1) is 17.8. The van der Waals surface area contributed by atoms with Crippen molar-refractivity contribution in [3.05, 3.63) is 69.7 Å². The molecule has 0 saturated carbocycles. The zero-order valence-electron chi connectivity index (χ0n) is 15.2. The molecule has 0 bridgehead atoms. The van der Waals surface area contributed by atoms with Crippen LogP contribution in [0.15, 0.2) is 62.3 Å². The van der Waals surface area contributed by atoms with Crippen LogP contribution < -0.4 is 5.56 Å². The van der Waals surface area contributed by atoms with Gasteiger partial charge in [0, 0.05) is 5.56 Å². The van der Waals surface area contributed by atoms with Crippen molar-refractivity contribution in [2.45, 2.75) is 17.8 Å². The molecule has 4 aromatic heterocycles. The fourth-order valence-electron chi connectivity index (χ4n) is 2.90. The molecule has 0 amide bonds. The van der Waals surface area contributed by atoms with E-state index in [1.54, 1.807) is 21.9 Å². The number of thiophene rings is 1. The van der Waals surface area contributed by atoms with Crippen molar-refractivity contribution in [1.82, 2.24) is 30.0 Å². The highest BCUT2D eigenvalue weighted by molar-refractivity contribution is 7.98. The summed E-state index contributed by atoms with van der Waals surface area (Å²) in [6.07, 6.45) is 0. The van der Waals surface area contributed by atoms with Crippen LogP contribution in [0, 0.1) is 6.92 Å². The predicted molar refractivity (Wildman–Crippen MR) is 111 cm³/mol. The van der Waals surface area contributed by atoms with E-state index in [0.29, 0.717) is 28.1 Å². The number of aryl methyl sites for hydroxylation is 1. The Balaban J connectivity index is 1.42. The van der Waals surface area contributed by atoms with Crippen LogP contribution in [0.4, 0.5) is 0 Å². The first-order chi connectivity index (χ1) is 14.2. The fourth-order valence-corrected chi connectivity index (χ4v) is 4.33. The molecule has 5 rings (SSSR count). The second-order valence-electron chi connectivity index (χ2n) is 6.25. The predicted octanol–water partition coefficient (Wildman–Crippen LogP) is 3.80. The zero-order valence-corrected chi connectivity index (χ0v) is 16.8. The third-order valence-corrected chi connectivity index (χ3v) is 6.13. The summed E-state index contributed by atoms with van der Waals surface area (Å²) in [4.78, 5) is 17.6. The molecule has 8 nitrogen and oxygen atoms in total. The molecule has 144 valence electrons. The van der Waals surface area contributed by atoms with E-state index in [1.807, 2.05) is 48.7 Å². The molecular formula is C19H14N6O2S2. The van der Waals surface area contributed by atoms with Gasteiger partial charge in [-0.15, -0.1) is 16.4 Å². The molecule has 0 saturated heterocycles. The van der Waals surface area contributed by atoms with Gasteiger partial charge in [0.15, 0.2) is 0 Å². The number of aromatic nitrogens is 6. The topological polar surface area (TPSA) is 102 Å². The second-order valence-corrected chi connectivity index (χ2v) is 8.14. The molecule has 1 N–H and O–H groups in total. The number of H-pyrrole nitrogens is 1. The molecule has 0 aliphatic carbocycles. The van der Waals surface area contributed by atoms with Crippen LogP contribution in [0.25, 0.3) is 27.5 Å². The summed E-state index contributed by atoms with van der Waals surface area (Å²) < 4.78 is 6.94. The quantitative estimate of drug-likeness (QED) is 0.430. The number of rotatable bonds is 5. The third-order valence-electron chi connectivity index (χ3n) is 4.33. The maximum absolute atomic E-state index is 12.2. The van der Waals surface area contributed by atoms with Crippen LogP contribution in [0.1, 0.15) is 11.5 Å². The Bertz CT molecular complexity index is 1350. The van der Waals surface area contributed by atoms with Crippen molar-refractivity contribution in [1.29, 1.82) is 0 Å². The lowest BCUT2D eigenvalue weighted by atomic mass is 10.1. The molecule has 29 heavy (non-hydrogen) atoms. The van der Waals surface area contributed by atoms with Gasteiger partial charge < -0.3 is 4.52 Å². The van der Waals surface area contributed by atoms with Crippen molar-refractivity contribution in [2.75, 3.05) is 0 Å². The Morgan fingerprint density at radius 3 is 2.97 bits per heavy atom. The summed E-state index contributed by atoms with van der Waals surface area (Å²) in [6.45, 7) is 2.00. The Labute approximate surface area is 172 Å². The largest absolute Gasteiger partial charge is 0.338 e.